The van der Waals surface area contributed by atoms with Gasteiger partial charge in [-0.25, -0.2) is 11.0 Å². The van der Waals surface area contributed by atoms with Crippen LogP contribution in [0.5, 0.6) is 11.5 Å². The fraction of sp³-hybridized carbons (Fsp3) is 0.105. The van der Waals surface area contributed by atoms with Crippen LogP contribution in [0, 0.1) is 0 Å². The van der Waals surface area contributed by atoms with Crippen LogP contribution in [0.4, 0.5) is 13.2 Å². The van der Waals surface area contributed by atoms with Crippen molar-refractivity contribution in [2.75, 3.05) is 0 Å². The number of aromatic hydroxyl groups is 1. The predicted molar refractivity (Wildman–Crippen MR) is 118 cm³/mol. The van der Waals surface area contributed by atoms with Gasteiger partial charge < -0.3 is 9.84 Å². The number of hydrogen-bond acceptors (Lipinski definition) is 10. The molecule has 5 N–H and O–H groups in total. The number of ether oxygens (including phenoxy) is 1. The Bertz CT molecular complexity index is 1230. The molecule has 0 saturated carbocycles. The highest BCUT2D eigenvalue weighted by molar-refractivity contribution is 7.16. The molecule has 1 aliphatic rings. The molecule has 3 heterocycles. The van der Waals surface area contributed by atoms with Crippen molar-refractivity contribution in [1.29, 1.82) is 0 Å². The van der Waals surface area contributed by atoms with E-state index in [0.717, 1.165) is 17.0 Å². The third-order valence-corrected chi connectivity index (χ3v) is 6.41. The highest BCUT2D eigenvalue weighted by atomic mass is 32.1. The average molecular weight is 496 g/mol. The molecule has 1 amide bonds. The largest absolute Gasteiger partial charge is 0.573 e. The van der Waals surface area contributed by atoms with Gasteiger partial charge in [-0.15, -0.1) is 46.5 Å². The molecule has 172 valence electrons. The third kappa shape index (κ3) is 5.24. The second kappa shape index (κ2) is 9.09. The molecule has 0 saturated heterocycles. The standard InChI is InChI=1S/C19H15F3N6O3S2/c1-9(23-26-18(30)14-7-6-13(33-14)17-24-27-28-25-17)12-8-32-16(15(12)29)10-2-4-11(5-3-10)31-19(20,21)22/h2-8,27-29H,1H3,(H,24,25)(H,26,30)/b23-9+. The van der Waals surface area contributed by atoms with E-state index in [1.807, 2.05) is 0 Å². The number of amides is 1. The number of hydrogen-bond donors (Lipinski definition) is 5. The fourth-order valence-corrected chi connectivity index (χ4v) is 4.63. The van der Waals surface area contributed by atoms with Gasteiger partial charge in [0.2, 0.25) is 0 Å². The van der Waals surface area contributed by atoms with E-state index in [2.05, 4.69) is 36.9 Å². The van der Waals surface area contributed by atoms with Gasteiger partial charge in [0.15, 0.2) is 5.84 Å². The van der Waals surface area contributed by atoms with Gasteiger partial charge in [-0.05, 0) is 48.9 Å². The molecule has 0 bridgehead atoms. The number of benzene rings is 1. The number of amidine groups is 1. The molecule has 1 aromatic carbocycles. The zero-order chi connectivity index (χ0) is 23.6. The Morgan fingerprint density at radius 3 is 2.64 bits per heavy atom. The average Bonchev–Trinajstić information content (AvgIpc) is 3.51. The second-order valence-electron chi connectivity index (χ2n) is 6.52. The SMILES string of the molecule is C/C(=N\NC(=O)c1ccc(C2=NNNN2)s1)c1csc(-c2ccc(OC(F)(F)F)cc2)c1O. The van der Waals surface area contributed by atoms with Crippen LogP contribution < -0.4 is 26.7 Å². The van der Waals surface area contributed by atoms with E-state index in [1.165, 1.54) is 34.8 Å². The normalized spacial score (nSPS) is 13.8. The van der Waals surface area contributed by atoms with Crippen LogP contribution in [-0.2, 0) is 0 Å². The van der Waals surface area contributed by atoms with E-state index in [0.29, 0.717) is 32.4 Å². The van der Waals surface area contributed by atoms with Crippen molar-refractivity contribution in [2.45, 2.75) is 13.3 Å². The number of hydrazine groups is 2. The quantitative estimate of drug-likeness (QED) is 0.263. The first-order valence-corrected chi connectivity index (χ1v) is 10.9. The highest BCUT2D eigenvalue weighted by Gasteiger charge is 2.31. The number of rotatable bonds is 6. The number of nitrogens with zero attached hydrogens (tertiary/aromatic N) is 2. The lowest BCUT2D eigenvalue weighted by Crippen LogP contribution is -2.34. The van der Waals surface area contributed by atoms with E-state index in [9.17, 15) is 23.1 Å². The Morgan fingerprint density at radius 1 is 1.21 bits per heavy atom. The van der Waals surface area contributed by atoms with E-state index in [1.54, 1.807) is 24.4 Å². The summed E-state index contributed by atoms with van der Waals surface area (Å²) in [5.41, 5.74) is 11.6. The molecule has 0 radical (unpaired) electrons. The molecule has 0 atom stereocenters. The van der Waals surface area contributed by atoms with Crippen molar-refractivity contribution in [3.8, 4) is 21.9 Å². The zero-order valence-corrected chi connectivity index (χ0v) is 18.3. The van der Waals surface area contributed by atoms with Crippen molar-refractivity contribution in [3.63, 3.8) is 0 Å². The Labute approximate surface area is 192 Å². The number of alkyl halides is 3. The van der Waals surface area contributed by atoms with E-state index in [-0.39, 0.29) is 11.5 Å². The van der Waals surface area contributed by atoms with Crippen LogP contribution in [0.3, 0.4) is 0 Å². The van der Waals surface area contributed by atoms with Gasteiger partial charge in [-0.2, -0.15) is 5.10 Å². The smallest absolute Gasteiger partial charge is 0.506 e. The first kappa shape index (κ1) is 22.6. The predicted octanol–water partition coefficient (Wildman–Crippen LogP) is 3.51. The summed E-state index contributed by atoms with van der Waals surface area (Å²) < 4.78 is 40.8. The molecule has 3 aromatic rings. The number of carbonyl (C=O) groups excluding carboxylic acids is 1. The van der Waals surface area contributed by atoms with Crippen molar-refractivity contribution < 1.29 is 27.8 Å². The zero-order valence-electron chi connectivity index (χ0n) is 16.6. The van der Waals surface area contributed by atoms with Crippen molar-refractivity contribution in [3.05, 3.63) is 57.1 Å². The summed E-state index contributed by atoms with van der Waals surface area (Å²) in [5, 5.41) is 20.2. The van der Waals surface area contributed by atoms with Gasteiger partial charge in [-0.3, -0.25) is 10.2 Å². The molecule has 14 heteroatoms. The first-order valence-electron chi connectivity index (χ1n) is 9.17. The van der Waals surface area contributed by atoms with Gasteiger partial charge in [-0.1, -0.05) is 0 Å². The second-order valence-corrected chi connectivity index (χ2v) is 8.49. The molecule has 9 nitrogen and oxygen atoms in total. The number of nitrogens with one attached hydrogen (secondary N) is 4. The Kier molecular flexibility index (Phi) is 6.22. The fourth-order valence-electron chi connectivity index (χ4n) is 2.77. The number of thiophene rings is 2. The molecule has 0 spiro atoms. The third-order valence-electron chi connectivity index (χ3n) is 4.30. The molecule has 2 aromatic heterocycles. The summed E-state index contributed by atoms with van der Waals surface area (Å²) >= 11 is 2.40. The highest BCUT2D eigenvalue weighted by Crippen LogP contribution is 2.39. The Hall–Kier alpha value is -3.62. The van der Waals surface area contributed by atoms with Gasteiger partial charge in [0.1, 0.15) is 11.5 Å². The first-order chi connectivity index (χ1) is 15.7. The van der Waals surface area contributed by atoms with Crippen LogP contribution in [-0.4, -0.2) is 28.9 Å². The summed E-state index contributed by atoms with van der Waals surface area (Å²) in [6.45, 7) is 1.61. The number of carbonyl (C=O) groups is 1. The summed E-state index contributed by atoms with van der Waals surface area (Å²) in [6, 6.07) is 8.52. The van der Waals surface area contributed by atoms with Crippen LogP contribution in [0.25, 0.3) is 10.4 Å². The molecular weight excluding hydrogens is 481 g/mol. The molecule has 0 fully saturated rings. The lowest BCUT2D eigenvalue weighted by atomic mass is 10.1. The van der Waals surface area contributed by atoms with Crippen LogP contribution in [0.15, 0.2) is 52.0 Å². The summed E-state index contributed by atoms with van der Waals surface area (Å²) in [7, 11) is 0. The van der Waals surface area contributed by atoms with Crippen LogP contribution >= 0.6 is 22.7 Å². The molecule has 0 unspecified atom stereocenters. The summed E-state index contributed by atoms with van der Waals surface area (Å²) in [6.07, 6.45) is -4.78. The van der Waals surface area contributed by atoms with Gasteiger partial charge in [0.05, 0.1) is 25.9 Å². The van der Waals surface area contributed by atoms with E-state index < -0.39 is 12.3 Å². The molecule has 4 rings (SSSR count). The van der Waals surface area contributed by atoms with Gasteiger partial charge in [0, 0.05) is 5.38 Å². The van der Waals surface area contributed by atoms with Crippen molar-refractivity contribution in [2.24, 2.45) is 10.2 Å². The number of halogens is 3. The number of hydrazone groups is 2. The van der Waals surface area contributed by atoms with Crippen molar-refractivity contribution >= 4 is 40.1 Å². The summed E-state index contributed by atoms with van der Waals surface area (Å²) in [4.78, 5) is 14.0. The minimum atomic E-state index is -4.78. The maximum Gasteiger partial charge on any atom is 0.573 e. The van der Waals surface area contributed by atoms with Gasteiger partial charge >= 0.3 is 6.36 Å². The Balaban J connectivity index is 1.44. The van der Waals surface area contributed by atoms with Crippen LogP contribution in [0.1, 0.15) is 27.0 Å². The monoisotopic (exact) mass is 496 g/mol. The lowest BCUT2D eigenvalue weighted by molar-refractivity contribution is -0.274. The minimum Gasteiger partial charge on any atom is -0.506 e. The Morgan fingerprint density at radius 2 is 1.97 bits per heavy atom. The van der Waals surface area contributed by atoms with Gasteiger partial charge in [0.25, 0.3) is 5.91 Å². The van der Waals surface area contributed by atoms with Crippen molar-refractivity contribution in [1.82, 2.24) is 21.9 Å². The maximum absolute atomic E-state index is 12.4. The maximum atomic E-state index is 12.4. The minimum absolute atomic E-state index is 0.0938. The lowest BCUT2D eigenvalue weighted by Gasteiger charge is -2.09. The van der Waals surface area contributed by atoms with Crippen LogP contribution in [0.2, 0.25) is 0 Å². The molecule has 33 heavy (non-hydrogen) atoms. The van der Waals surface area contributed by atoms with E-state index >= 15 is 0 Å². The van der Waals surface area contributed by atoms with E-state index in [4.69, 9.17) is 0 Å². The molecular formula is C19H15F3N6O3S2. The summed E-state index contributed by atoms with van der Waals surface area (Å²) in [5.74, 6) is -0.334. The molecule has 1 aliphatic heterocycles. The topological polar surface area (TPSA) is 119 Å². The molecule has 0 aliphatic carbocycles.